The molecule has 0 spiro atoms. The van der Waals surface area contributed by atoms with E-state index in [1.54, 1.807) is 48.5 Å². The van der Waals surface area contributed by atoms with E-state index < -0.39 is 0 Å². The summed E-state index contributed by atoms with van der Waals surface area (Å²) in [5.74, 6) is -0.0275. The minimum absolute atomic E-state index is 0.00570. The van der Waals surface area contributed by atoms with Crippen LogP contribution in [-0.4, -0.2) is 36.3 Å². The molecule has 2 N–H and O–H groups in total. The van der Waals surface area contributed by atoms with E-state index >= 15 is 0 Å². The molecule has 0 radical (unpaired) electrons. The van der Waals surface area contributed by atoms with Crippen LogP contribution < -0.4 is 10.6 Å². The Morgan fingerprint density at radius 2 is 1.21 bits per heavy atom. The molecule has 7 nitrogen and oxygen atoms in total. The molecular formula is C22H29N5O2. The van der Waals surface area contributed by atoms with Crippen LogP contribution in [0.5, 0.6) is 0 Å². The van der Waals surface area contributed by atoms with Gasteiger partial charge >= 0.3 is 0 Å². The van der Waals surface area contributed by atoms with Crippen molar-refractivity contribution in [3.63, 3.8) is 0 Å². The van der Waals surface area contributed by atoms with Crippen LogP contribution in [0.15, 0.2) is 58.8 Å². The fourth-order valence-electron chi connectivity index (χ4n) is 2.64. The lowest BCUT2D eigenvalue weighted by atomic mass is 10.2. The van der Waals surface area contributed by atoms with Crippen molar-refractivity contribution >= 4 is 34.6 Å². The smallest absolute Gasteiger partial charge is 0.238 e. The number of likely N-dealkylation sites (N-methyl/N-ethyl adjacent to an activating group) is 1. The third kappa shape index (κ3) is 7.83. The number of benzene rings is 2. The number of anilines is 2. The van der Waals surface area contributed by atoms with E-state index in [0.717, 1.165) is 30.9 Å². The second-order valence-electron chi connectivity index (χ2n) is 6.60. The van der Waals surface area contributed by atoms with Crippen molar-refractivity contribution in [2.45, 2.75) is 33.6 Å². The number of hydrogen-bond donors (Lipinski definition) is 2. The topological polar surface area (TPSA) is 86.2 Å². The van der Waals surface area contributed by atoms with Gasteiger partial charge in [0.15, 0.2) is 0 Å². The summed E-state index contributed by atoms with van der Waals surface area (Å²) in [6.45, 7) is 8.10. The monoisotopic (exact) mass is 395 g/mol. The van der Waals surface area contributed by atoms with Gasteiger partial charge in [0.05, 0.1) is 17.9 Å². The predicted molar refractivity (Wildman–Crippen MR) is 117 cm³/mol. The lowest BCUT2D eigenvalue weighted by Crippen LogP contribution is -2.32. The van der Waals surface area contributed by atoms with Crippen LogP contribution in [0, 0.1) is 0 Å². The zero-order valence-corrected chi connectivity index (χ0v) is 17.3. The Morgan fingerprint density at radius 3 is 1.62 bits per heavy atom. The highest BCUT2D eigenvalue weighted by Crippen LogP contribution is 2.22. The van der Waals surface area contributed by atoms with Crippen LogP contribution in [0.25, 0.3) is 0 Å². The Hall–Kier alpha value is -3.06. The van der Waals surface area contributed by atoms with E-state index in [2.05, 4.69) is 25.8 Å². The number of carbonyl (C=O) groups excluding carboxylic acids is 2. The summed E-state index contributed by atoms with van der Waals surface area (Å²) in [5.41, 5.74) is 2.85. The minimum atomic E-state index is -0.0332. The highest BCUT2D eigenvalue weighted by atomic mass is 16.2. The summed E-state index contributed by atoms with van der Waals surface area (Å²) in [5, 5.41) is 14.1. The van der Waals surface area contributed by atoms with Crippen LogP contribution in [0.1, 0.15) is 33.6 Å². The molecule has 0 aromatic heterocycles. The molecule has 0 unspecified atom stereocenters. The SMILES string of the molecule is CCCC(=O)Nc1ccc(/N=N/c2ccc(NC(=O)CN(CC)CC)cc2)cc1. The van der Waals surface area contributed by atoms with E-state index in [9.17, 15) is 9.59 Å². The third-order valence-corrected chi connectivity index (χ3v) is 4.32. The maximum atomic E-state index is 12.0. The lowest BCUT2D eigenvalue weighted by molar-refractivity contribution is -0.117. The Bertz CT molecular complexity index is 812. The highest BCUT2D eigenvalue weighted by molar-refractivity contribution is 5.92. The zero-order chi connectivity index (χ0) is 21.1. The minimum Gasteiger partial charge on any atom is -0.326 e. The van der Waals surface area contributed by atoms with Gasteiger partial charge in [-0.15, -0.1) is 0 Å². The molecular weight excluding hydrogens is 366 g/mol. The maximum absolute atomic E-state index is 12.0. The summed E-state index contributed by atoms with van der Waals surface area (Å²) >= 11 is 0. The number of azo groups is 1. The summed E-state index contributed by atoms with van der Waals surface area (Å²) in [6, 6.07) is 14.4. The van der Waals surface area contributed by atoms with Crippen LogP contribution in [0.2, 0.25) is 0 Å². The number of nitrogens with one attached hydrogen (secondary N) is 2. The van der Waals surface area contributed by atoms with Crippen molar-refractivity contribution in [2.75, 3.05) is 30.3 Å². The molecule has 2 amide bonds. The fraction of sp³-hybridized carbons (Fsp3) is 0.364. The van der Waals surface area contributed by atoms with Crippen LogP contribution >= 0.6 is 0 Å². The van der Waals surface area contributed by atoms with Gasteiger partial charge in [0.25, 0.3) is 0 Å². The van der Waals surface area contributed by atoms with Gasteiger partial charge in [0.1, 0.15) is 0 Å². The number of rotatable bonds is 10. The van der Waals surface area contributed by atoms with Crippen molar-refractivity contribution in [3.05, 3.63) is 48.5 Å². The standard InChI is InChI=1S/C22H29N5O2/c1-4-7-21(28)23-17-8-12-19(13-9-17)25-26-20-14-10-18(11-15-20)24-22(29)16-27(5-2)6-3/h8-15H,4-7,16H2,1-3H3,(H,23,28)(H,24,29)/b26-25+. The molecule has 2 rings (SSSR count). The molecule has 0 fully saturated rings. The van der Waals surface area contributed by atoms with Crippen molar-refractivity contribution in [1.29, 1.82) is 0 Å². The van der Waals surface area contributed by atoms with Gasteiger partial charge in [-0.2, -0.15) is 10.2 Å². The Balaban J connectivity index is 1.89. The fourth-order valence-corrected chi connectivity index (χ4v) is 2.64. The van der Waals surface area contributed by atoms with Gasteiger partial charge in [-0.1, -0.05) is 20.8 Å². The Kier molecular flexibility index (Phi) is 8.98. The summed E-state index contributed by atoms with van der Waals surface area (Å²) < 4.78 is 0. The number of nitrogens with zero attached hydrogens (tertiary/aromatic N) is 3. The average Bonchev–Trinajstić information content (AvgIpc) is 2.72. The van der Waals surface area contributed by atoms with Gasteiger partial charge < -0.3 is 10.6 Å². The maximum Gasteiger partial charge on any atom is 0.238 e. The molecule has 0 saturated heterocycles. The molecule has 0 aliphatic carbocycles. The number of carbonyl (C=O) groups is 2. The first kappa shape index (κ1) is 22.2. The quantitative estimate of drug-likeness (QED) is 0.547. The van der Waals surface area contributed by atoms with Gasteiger partial charge in [0.2, 0.25) is 11.8 Å². The Labute approximate surface area is 172 Å². The molecule has 2 aromatic carbocycles. The first-order valence-corrected chi connectivity index (χ1v) is 9.98. The molecule has 0 heterocycles. The zero-order valence-electron chi connectivity index (χ0n) is 17.3. The second-order valence-corrected chi connectivity index (χ2v) is 6.60. The van der Waals surface area contributed by atoms with E-state index in [0.29, 0.717) is 24.3 Å². The van der Waals surface area contributed by atoms with E-state index in [4.69, 9.17) is 0 Å². The molecule has 29 heavy (non-hydrogen) atoms. The van der Waals surface area contributed by atoms with Gasteiger partial charge in [0, 0.05) is 17.8 Å². The molecule has 154 valence electrons. The van der Waals surface area contributed by atoms with Crippen molar-refractivity contribution in [1.82, 2.24) is 4.90 Å². The predicted octanol–water partition coefficient (Wildman–Crippen LogP) is 5.12. The first-order valence-electron chi connectivity index (χ1n) is 9.98. The molecule has 0 atom stereocenters. The molecule has 2 aromatic rings. The van der Waals surface area contributed by atoms with Crippen molar-refractivity contribution < 1.29 is 9.59 Å². The molecule has 0 aliphatic rings. The molecule has 0 aliphatic heterocycles. The molecule has 0 saturated carbocycles. The Morgan fingerprint density at radius 1 is 0.759 bits per heavy atom. The number of amides is 2. The summed E-state index contributed by atoms with van der Waals surface area (Å²) in [7, 11) is 0. The van der Waals surface area contributed by atoms with E-state index in [1.165, 1.54) is 0 Å². The first-order chi connectivity index (χ1) is 14.0. The average molecular weight is 396 g/mol. The van der Waals surface area contributed by atoms with Gasteiger partial charge in [-0.3, -0.25) is 14.5 Å². The lowest BCUT2D eigenvalue weighted by Gasteiger charge is -2.17. The highest BCUT2D eigenvalue weighted by Gasteiger charge is 2.07. The number of hydrogen-bond acceptors (Lipinski definition) is 5. The molecule has 0 bridgehead atoms. The summed E-state index contributed by atoms with van der Waals surface area (Å²) in [6.07, 6.45) is 1.32. The van der Waals surface area contributed by atoms with Gasteiger partial charge in [-0.05, 0) is 68.0 Å². The van der Waals surface area contributed by atoms with Crippen molar-refractivity contribution in [2.24, 2.45) is 10.2 Å². The van der Waals surface area contributed by atoms with Crippen molar-refractivity contribution in [3.8, 4) is 0 Å². The normalized spacial score (nSPS) is 11.0. The second kappa shape index (κ2) is 11.7. The third-order valence-electron chi connectivity index (χ3n) is 4.32. The largest absolute Gasteiger partial charge is 0.326 e. The van der Waals surface area contributed by atoms with Crippen LogP contribution in [-0.2, 0) is 9.59 Å². The van der Waals surface area contributed by atoms with Gasteiger partial charge in [-0.25, -0.2) is 0 Å². The molecule has 7 heteroatoms. The van der Waals surface area contributed by atoms with Crippen LogP contribution in [0.4, 0.5) is 22.7 Å². The summed E-state index contributed by atoms with van der Waals surface area (Å²) in [4.78, 5) is 25.7. The van der Waals surface area contributed by atoms with E-state index in [1.807, 2.05) is 20.8 Å². The van der Waals surface area contributed by atoms with Crippen LogP contribution in [0.3, 0.4) is 0 Å². The van der Waals surface area contributed by atoms with E-state index in [-0.39, 0.29) is 11.8 Å².